The highest BCUT2D eigenvalue weighted by atomic mass is 32.2. The molecular formula is C16H26NO5PS. The van der Waals surface area contributed by atoms with E-state index in [9.17, 15) is 18.8 Å². The van der Waals surface area contributed by atoms with E-state index in [2.05, 4.69) is 4.72 Å². The molecule has 0 aromatic heterocycles. The maximum atomic E-state index is 12.7. The number of hydrogen-bond donors (Lipinski definition) is 3. The third-order valence-corrected chi connectivity index (χ3v) is 7.49. The van der Waals surface area contributed by atoms with Gasteiger partial charge >= 0.3 is 5.97 Å². The van der Waals surface area contributed by atoms with Crippen LogP contribution in [-0.2, 0) is 27.1 Å². The molecule has 0 radical (unpaired) electrons. The maximum absolute atomic E-state index is 12.7. The summed E-state index contributed by atoms with van der Waals surface area (Å²) in [7, 11) is -3.72. The molecule has 1 aromatic carbocycles. The van der Waals surface area contributed by atoms with Crippen molar-refractivity contribution >= 4 is 24.7 Å². The average Bonchev–Trinajstić information content (AvgIpc) is 2.49. The molecule has 0 amide bonds. The molecule has 8 heteroatoms. The predicted molar refractivity (Wildman–Crippen MR) is 96.5 cm³/mol. The van der Waals surface area contributed by atoms with Gasteiger partial charge in [-0.15, -0.1) is 4.72 Å². The number of benzene rings is 1. The van der Waals surface area contributed by atoms with Crippen LogP contribution in [0.15, 0.2) is 30.3 Å². The minimum atomic E-state index is -3.72. The van der Waals surface area contributed by atoms with Crippen LogP contribution in [0.3, 0.4) is 0 Å². The van der Waals surface area contributed by atoms with Gasteiger partial charge in [-0.1, -0.05) is 30.3 Å². The van der Waals surface area contributed by atoms with Crippen molar-refractivity contribution in [2.24, 2.45) is 0 Å². The van der Waals surface area contributed by atoms with E-state index < -0.39 is 35.2 Å². The first kappa shape index (κ1) is 21.2. The summed E-state index contributed by atoms with van der Waals surface area (Å²) in [6.07, 6.45) is 0.117. The zero-order valence-corrected chi connectivity index (χ0v) is 16.0. The lowest BCUT2D eigenvalue weighted by molar-refractivity contribution is -0.137. The Morgan fingerprint density at radius 3 is 2.42 bits per heavy atom. The minimum absolute atomic E-state index is 0.00957. The van der Waals surface area contributed by atoms with Crippen LogP contribution >= 0.6 is 7.37 Å². The Kier molecular flexibility index (Phi) is 7.96. The van der Waals surface area contributed by atoms with Crippen LogP contribution in [0.2, 0.25) is 0 Å². The molecule has 1 rings (SSSR count). The fourth-order valence-corrected chi connectivity index (χ4v) is 5.08. The fourth-order valence-electron chi connectivity index (χ4n) is 1.99. The Balaban J connectivity index is 2.81. The number of aryl methyl sites for hydroxylation is 1. The van der Waals surface area contributed by atoms with Crippen LogP contribution in [0.25, 0.3) is 0 Å². The molecule has 24 heavy (non-hydrogen) atoms. The van der Waals surface area contributed by atoms with Gasteiger partial charge in [-0.2, -0.15) is 0 Å². The van der Waals surface area contributed by atoms with Gasteiger partial charge in [-0.3, -0.25) is 9.36 Å². The van der Waals surface area contributed by atoms with E-state index in [0.29, 0.717) is 6.42 Å². The summed E-state index contributed by atoms with van der Waals surface area (Å²) in [6.45, 7) is 5.24. The van der Waals surface area contributed by atoms with Crippen molar-refractivity contribution in [2.45, 2.75) is 50.6 Å². The van der Waals surface area contributed by atoms with E-state index in [1.165, 1.54) is 0 Å². The number of carboxylic acid groups (broad SMARTS) is 1. The van der Waals surface area contributed by atoms with Gasteiger partial charge in [0.15, 0.2) is 0 Å². The summed E-state index contributed by atoms with van der Waals surface area (Å²) in [5, 5.41) is 8.86. The van der Waals surface area contributed by atoms with Gasteiger partial charge in [0.25, 0.3) is 0 Å². The summed E-state index contributed by atoms with van der Waals surface area (Å²) in [5.41, 5.74) is 0.931. The van der Waals surface area contributed by atoms with Crippen LogP contribution in [0, 0.1) is 0 Å². The van der Waals surface area contributed by atoms with Crippen molar-refractivity contribution in [3.05, 3.63) is 35.9 Å². The normalized spacial score (nSPS) is 17.0. The molecule has 0 aliphatic heterocycles. The standard InChI is InChI=1S/C16H26NO5PS/c1-16(2,3)24(22)17-14(9-10-15(18)19)23(20,21)12-11-13-7-5-4-6-8-13/h4-8,14,17H,9-12H2,1-3H3,(H,18,19)(H,20,21)/t14-,24?/m0/s1. The zero-order valence-electron chi connectivity index (χ0n) is 14.3. The molecule has 6 nitrogen and oxygen atoms in total. The third kappa shape index (κ3) is 7.36. The van der Waals surface area contributed by atoms with E-state index in [-0.39, 0.29) is 19.0 Å². The molecule has 0 heterocycles. The van der Waals surface area contributed by atoms with Crippen LogP contribution in [-0.4, -0.2) is 37.2 Å². The largest absolute Gasteiger partial charge is 0.598 e. The second-order valence-electron chi connectivity index (χ2n) is 6.66. The first-order valence-corrected chi connectivity index (χ1v) is 10.8. The van der Waals surface area contributed by atoms with Gasteiger partial charge in [0, 0.05) is 23.9 Å². The number of rotatable bonds is 9. The molecule has 0 aliphatic rings. The maximum Gasteiger partial charge on any atom is 0.303 e. The smallest absolute Gasteiger partial charge is 0.303 e. The van der Waals surface area contributed by atoms with Crippen LogP contribution in [0.1, 0.15) is 39.2 Å². The van der Waals surface area contributed by atoms with Crippen molar-refractivity contribution < 1.29 is 23.9 Å². The Morgan fingerprint density at radius 1 is 1.33 bits per heavy atom. The molecule has 0 spiro atoms. The van der Waals surface area contributed by atoms with Crippen LogP contribution in [0.4, 0.5) is 0 Å². The number of aliphatic carboxylic acids is 1. The van der Waals surface area contributed by atoms with Gasteiger partial charge in [0.05, 0.1) is 0 Å². The van der Waals surface area contributed by atoms with Gasteiger partial charge in [0.2, 0.25) is 7.37 Å². The van der Waals surface area contributed by atoms with E-state index in [1.807, 2.05) is 30.3 Å². The molecule has 0 fully saturated rings. The highest BCUT2D eigenvalue weighted by Crippen LogP contribution is 2.48. The van der Waals surface area contributed by atoms with Crippen molar-refractivity contribution in [1.82, 2.24) is 4.72 Å². The number of hydrogen-bond acceptors (Lipinski definition) is 4. The topological polar surface area (TPSA) is 110 Å². The van der Waals surface area contributed by atoms with Crippen LogP contribution in [0.5, 0.6) is 0 Å². The number of nitrogens with one attached hydrogen (secondary N) is 1. The molecule has 0 bridgehead atoms. The van der Waals surface area contributed by atoms with E-state index in [0.717, 1.165) is 5.56 Å². The highest BCUT2D eigenvalue weighted by Gasteiger charge is 2.38. The van der Waals surface area contributed by atoms with Gasteiger partial charge < -0.3 is 14.6 Å². The van der Waals surface area contributed by atoms with E-state index in [4.69, 9.17) is 5.11 Å². The molecule has 0 saturated carbocycles. The lowest BCUT2D eigenvalue weighted by atomic mass is 10.2. The molecule has 1 aromatic rings. The minimum Gasteiger partial charge on any atom is -0.598 e. The van der Waals surface area contributed by atoms with Gasteiger partial charge in [-0.05, 0) is 39.2 Å². The monoisotopic (exact) mass is 375 g/mol. The van der Waals surface area contributed by atoms with Gasteiger partial charge in [0.1, 0.15) is 10.5 Å². The molecule has 0 aliphatic carbocycles. The molecular weight excluding hydrogens is 349 g/mol. The second-order valence-corrected chi connectivity index (χ2v) is 11.2. The Hall–Kier alpha value is -0.850. The molecule has 3 atom stereocenters. The molecule has 2 unspecified atom stereocenters. The predicted octanol–water partition coefficient (Wildman–Crippen LogP) is 2.74. The average molecular weight is 375 g/mol. The Bertz CT molecular complexity index is 576. The first-order chi connectivity index (χ1) is 11.0. The summed E-state index contributed by atoms with van der Waals surface area (Å²) in [5.74, 6) is -2.05. The number of carbonyl (C=O) groups is 1. The Labute approximate surface area is 146 Å². The van der Waals surface area contributed by atoms with Crippen molar-refractivity contribution in [3.8, 4) is 0 Å². The summed E-state index contributed by atoms with van der Waals surface area (Å²) in [6, 6.07) is 9.31. The summed E-state index contributed by atoms with van der Waals surface area (Å²) < 4.78 is 27.1. The highest BCUT2D eigenvalue weighted by molar-refractivity contribution is 7.91. The number of carboxylic acids is 1. The van der Waals surface area contributed by atoms with Gasteiger partial charge in [-0.25, -0.2) is 0 Å². The van der Waals surface area contributed by atoms with Crippen LogP contribution < -0.4 is 4.72 Å². The summed E-state index contributed by atoms with van der Waals surface area (Å²) >= 11 is -1.55. The summed E-state index contributed by atoms with van der Waals surface area (Å²) in [4.78, 5) is 21.2. The first-order valence-electron chi connectivity index (χ1n) is 7.77. The molecule has 3 N–H and O–H groups in total. The fraction of sp³-hybridized carbons (Fsp3) is 0.562. The third-order valence-electron chi connectivity index (χ3n) is 3.48. The van der Waals surface area contributed by atoms with E-state index in [1.54, 1.807) is 20.8 Å². The van der Waals surface area contributed by atoms with Crippen molar-refractivity contribution in [3.63, 3.8) is 0 Å². The lowest BCUT2D eigenvalue weighted by Gasteiger charge is -2.30. The second kappa shape index (κ2) is 9.02. The molecule has 136 valence electrons. The Morgan fingerprint density at radius 2 is 1.92 bits per heavy atom. The lowest BCUT2D eigenvalue weighted by Crippen LogP contribution is -2.45. The zero-order chi connectivity index (χ0) is 18.4. The SMILES string of the molecule is CC(C)(C)[S+]([O-])N[C@H](CCC(=O)O)P(=O)(O)CCc1ccccc1. The van der Waals surface area contributed by atoms with Crippen molar-refractivity contribution in [2.75, 3.05) is 6.16 Å². The molecule has 0 saturated heterocycles. The van der Waals surface area contributed by atoms with Crippen molar-refractivity contribution in [1.29, 1.82) is 0 Å². The van der Waals surface area contributed by atoms with E-state index >= 15 is 0 Å². The quantitative estimate of drug-likeness (QED) is 0.452.